The Bertz CT molecular complexity index is 279. The molecule has 1 nitrogen and oxygen atoms in total. The average Bonchev–Trinajstić information content (AvgIpc) is 2.74. The Balaban J connectivity index is 2.44. The van der Waals surface area contributed by atoms with E-state index in [2.05, 4.69) is 44.8 Å². The van der Waals surface area contributed by atoms with Gasteiger partial charge in [0, 0.05) is 17.8 Å². The van der Waals surface area contributed by atoms with Crippen molar-refractivity contribution in [1.82, 2.24) is 4.98 Å². The maximum absolute atomic E-state index is 3.40. The van der Waals surface area contributed by atoms with Crippen LogP contribution in [0.3, 0.4) is 0 Å². The fourth-order valence-electron chi connectivity index (χ4n) is 2.57. The lowest BCUT2D eigenvalue weighted by molar-refractivity contribution is 0.293. The highest BCUT2D eigenvalue weighted by Gasteiger charge is 2.26. The highest BCUT2D eigenvalue weighted by atomic mass is 14.7. The predicted molar refractivity (Wildman–Crippen MR) is 76.4 cm³/mol. The third-order valence-corrected chi connectivity index (χ3v) is 3.64. The summed E-state index contributed by atoms with van der Waals surface area (Å²) in [5, 5.41) is 0. The molecular formula is C16H29N. The van der Waals surface area contributed by atoms with E-state index in [1.165, 1.54) is 44.2 Å². The SMILES string of the molecule is CCCCCCCC(c1ccc[nH]1)C(C)(C)C. The molecule has 0 aliphatic rings. The summed E-state index contributed by atoms with van der Waals surface area (Å²) in [6, 6.07) is 4.35. The van der Waals surface area contributed by atoms with Gasteiger partial charge in [-0.25, -0.2) is 0 Å². The number of H-pyrrole nitrogens is 1. The number of rotatable bonds is 7. The molecule has 0 saturated carbocycles. The first kappa shape index (κ1) is 14.3. The van der Waals surface area contributed by atoms with Gasteiger partial charge in [0.25, 0.3) is 0 Å². The first-order valence-corrected chi connectivity index (χ1v) is 7.19. The van der Waals surface area contributed by atoms with Crippen molar-refractivity contribution < 1.29 is 0 Å². The molecule has 1 unspecified atom stereocenters. The maximum atomic E-state index is 3.40. The van der Waals surface area contributed by atoms with Crippen molar-refractivity contribution in [2.45, 2.75) is 72.1 Å². The molecule has 1 heteroatoms. The molecule has 1 heterocycles. The van der Waals surface area contributed by atoms with Crippen LogP contribution in [0.2, 0.25) is 0 Å². The van der Waals surface area contributed by atoms with Crippen LogP contribution in [0.15, 0.2) is 18.3 Å². The van der Waals surface area contributed by atoms with Crippen molar-refractivity contribution in [3.63, 3.8) is 0 Å². The quantitative estimate of drug-likeness (QED) is 0.600. The fourth-order valence-corrected chi connectivity index (χ4v) is 2.57. The number of hydrogen-bond acceptors (Lipinski definition) is 0. The minimum atomic E-state index is 0.357. The molecule has 1 aromatic rings. The fraction of sp³-hybridized carbons (Fsp3) is 0.750. The van der Waals surface area contributed by atoms with E-state index in [0.29, 0.717) is 11.3 Å². The molecule has 1 N–H and O–H groups in total. The monoisotopic (exact) mass is 235 g/mol. The van der Waals surface area contributed by atoms with Gasteiger partial charge in [-0.2, -0.15) is 0 Å². The van der Waals surface area contributed by atoms with Gasteiger partial charge in [0.2, 0.25) is 0 Å². The molecular weight excluding hydrogens is 206 g/mol. The molecule has 0 radical (unpaired) electrons. The first-order chi connectivity index (χ1) is 8.05. The molecule has 1 rings (SSSR count). The number of aromatic nitrogens is 1. The maximum Gasteiger partial charge on any atom is 0.0183 e. The topological polar surface area (TPSA) is 15.8 Å². The van der Waals surface area contributed by atoms with Gasteiger partial charge in [-0.15, -0.1) is 0 Å². The molecule has 0 aromatic carbocycles. The summed E-state index contributed by atoms with van der Waals surface area (Å²) in [7, 11) is 0. The van der Waals surface area contributed by atoms with Crippen LogP contribution in [0.4, 0.5) is 0 Å². The zero-order valence-corrected chi connectivity index (χ0v) is 12.1. The Morgan fingerprint density at radius 3 is 2.35 bits per heavy atom. The second-order valence-corrected chi connectivity index (χ2v) is 6.25. The zero-order chi connectivity index (χ0) is 12.7. The summed E-state index contributed by atoms with van der Waals surface area (Å²) in [5.41, 5.74) is 1.77. The van der Waals surface area contributed by atoms with Gasteiger partial charge in [-0.1, -0.05) is 59.8 Å². The van der Waals surface area contributed by atoms with Crippen LogP contribution in [0, 0.1) is 5.41 Å². The van der Waals surface area contributed by atoms with Crippen molar-refractivity contribution in [2.75, 3.05) is 0 Å². The van der Waals surface area contributed by atoms with E-state index < -0.39 is 0 Å². The summed E-state index contributed by atoms with van der Waals surface area (Å²) in [6.45, 7) is 9.33. The van der Waals surface area contributed by atoms with E-state index in [4.69, 9.17) is 0 Å². The minimum absolute atomic E-state index is 0.357. The summed E-state index contributed by atoms with van der Waals surface area (Å²) in [5.74, 6) is 0.666. The molecule has 98 valence electrons. The van der Waals surface area contributed by atoms with E-state index in [1.807, 2.05) is 6.20 Å². The van der Waals surface area contributed by atoms with Crippen LogP contribution in [-0.4, -0.2) is 4.98 Å². The molecule has 1 atom stereocenters. The molecule has 17 heavy (non-hydrogen) atoms. The molecule has 0 aliphatic heterocycles. The number of nitrogens with one attached hydrogen (secondary N) is 1. The van der Waals surface area contributed by atoms with Crippen molar-refractivity contribution in [3.05, 3.63) is 24.0 Å². The van der Waals surface area contributed by atoms with Crippen molar-refractivity contribution in [1.29, 1.82) is 0 Å². The largest absolute Gasteiger partial charge is 0.365 e. The van der Waals surface area contributed by atoms with E-state index in [9.17, 15) is 0 Å². The Morgan fingerprint density at radius 2 is 1.82 bits per heavy atom. The van der Waals surface area contributed by atoms with Crippen LogP contribution < -0.4 is 0 Å². The molecule has 0 aliphatic carbocycles. The van der Waals surface area contributed by atoms with Gasteiger partial charge in [0.15, 0.2) is 0 Å². The van der Waals surface area contributed by atoms with Gasteiger partial charge in [0.1, 0.15) is 0 Å². The summed E-state index contributed by atoms with van der Waals surface area (Å²) < 4.78 is 0. The van der Waals surface area contributed by atoms with Crippen LogP contribution in [0.5, 0.6) is 0 Å². The average molecular weight is 235 g/mol. The number of aromatic amines is 1. The lowest BCUT2D eigenvalue weighted by atomic mass is 9.76. The Hall–Kier alpha value is -0.720. The highest BCUT2D eigenvalue weighted by molar-refractivity contribution is 5.12. The molecule has 1 aromatic heterocycles. The van der Waals surface area contributed by atoms with Crippen LogP contribution in [0.25, 0.3) is 0 Å². The second kappa shape index (κ2) is 6.88. The summed E-state index contributed by atoms with van der Waals surface area (Å²) in [4.78, 5) is 3.40. The molecule has 0 fully saturated rings. The standard InChI is InChI=1S/C16H29N/c1-5-6-7-8-9-11-14(16(2,3)4)15-12-10-13-17-15/h10,12-14,17H,5-9,11H2,1-4H3. The normalized spacial score (nSPS) is 13.9. The van der Waals surface area contributed by atoms with Gasteiger partial charge < -0.3 is 4.98 Å². The van der Waals surface area contributed by atoms with Gasteiger partial charge in [-0.05, 0) is 24.0 Å². The van der Waals surface area contributed by atoms with Crippen LogP contribution in [-0.2, 0) is 0 Å². The van der Waals surface area contributed by atoms with Gasteiger partial charge >= 0.3 is 0 Å². The Morgan fingerprint density at radius 1 is 1.12 bits per heavy atom. The van der Waals surface area contributed by atoms with Crippen LogP contribution in [0.1, 0.15) is 77.8 Å². The van der Waals surface area contributed by atoms with Crippen LogP contribution >= 0.6 is 0 Å². The number of unbranched alkanes of at least 4 members (excludes halogenated alkanes) is 4. The van der Waals surface area contributed by atoms with Crippen molar-refractivity contribution >= 4 is 0 Å². The molecule has 0 spiro atoms. The third kappa shape index (κ3) is 4.97. The first-order valence-electron chi connectivity index (χ1n) is 7.19. The summed E-state index contributed by atoms with van der Waals surface area (Å²) >= 11 is 0. The minimum Gasteiger partial charge on any atom is -0.365 e. The predicted octanol–water partition coefficient (Wildman–Crippen LogP) is 5.50. The Labute approximate surface area is 107 Å². The lowest BCUT2D eigenvalue weighted by Crippen LogP contribution is -2.18. The van der Waals surface area contributed by atoms with Crippen molar-refractivity contribution in [2.24, 2.45) is 5.41 Å². The number of hydrogen-bond donors (Lipinski definition) is 1. The van der Waals surface area contributed by atoms with Gasteiger partial charge in [0.05, 0.1) is 0 Å². The van der Waals surface area contributed by atoms with E-state index in [1.54, 1.807) is 0 Å². The smallest absolute Gasteiger partial charge is 0.0183 e. The summed E-state index contributed by atoms with van der Waals surface area (Å²) in [6.07, 6.45) is 10.2. The van der Waals surface area contributed by atoms with E-state index >= 15 is 0 Å². The second-order valence-electron chi connectivity index (χ2n) is 6.25. The van der Waals surface area contributed by atoms with Gasteiger partial charge in [-0.3, -0.25) is 0 Å². The zero-order valence-electron chi connectivity index (χ0n) is 12.1. The molecule has 0 amide bonds. The molecule has 0 bridgehead atoms. The third-order valence-electron chi connectivity index (χ3n) is 3.64. The van der Waals surface area contributed by atoms with E-state index in [0.717, 1.165) is 0 Å². The van der Waals surface area contributed by atoms with E-state index in [-0.39, 0.29) is 0 Å². The molecule has 0 saturated heterocycles. The Kier molecular flexibility index (Phi) is 5.80. The highest BCUT2D eigenvalue weighted by Crippen LogP contribution is 2.38. The lowest BCUT2D eigenvalue weighted by Gasteiger charge is -2.30. The van der Waals surface area contributed by atoms with Crippen molar-refractivity contribution in [3.8, 4) is 0 Å².